The van der Waals surface area contributed by atoms with Crippen LogP contribution in [-0.2, 0) is 6.18 Å². The van der Waals surface area contributed by atoms with Crippen LogP contribution in [0.2, 0.25) is 0 Å². The Kier molecular flexibility index (Phi) is 4.11. The van der Waals surface area contributed by atoms with Crippen molar-refractivity contribution in [2.45, 2.75) is 6.18 Å². The molecular weight excluding hydrogens is 301 g/mol. The SMILES string of the molecule is O=C(Nc1ccccc1C(F)(F)F)c1ccccc1[N+](=O)[O-]. The Morgan fingerprint density at radius 3 is 2.27 bits per heavy atom. The number of nitrogens with one attached hydrogen (secondary N) is 1. The summed E-state index contributed by atoms with van der Waals surface area (Å²) in [4.78, 5) is 22.1. The second kappa shape index (κ2) is 5.84. The number of anilines is 1. The second-order valence-corrected chi connectivity index (χ2v) is 4.27. The normalized spacial score (nSPS) is 11.0. The number of nitro benzene ring substituents is 1. The Morgan fingerprint density at radius 2 is 1.64 bits per heavy atom. The lowest BCUT2D eigenvalue weighted by molar-refractivity contribution is -0.385. The van der Waals surface area contributed by atoms with Crippen molar-refractivity contribution in [2.75, 3.05) is 5.32 Å². The number of carbonyl (C=O) groups is 1. The molecule has 0 unspecified atom stereocenters. The van der Waals surface area contributed by atoms with E-state index in [1.807, 2.05) is 0 Å². The maximum absolute atomic E-state index is 12.8. The van der Waals surface area contributed by atoms with E-state index in [9.17, 15) is 28.1 Å². The fourth-order valence-corrected chi connectivity index (χ4v) is 1.85. The molecule has 0 aliphatic heterocycles. The number of hydrogen-bond acceptors (Lipinski definition) is 3. The molecule has 2 rings (SSSR count). The maximum Gasteiger partial charge on any atom is 0.418 e. The molecule has 2 aromatic carbocycles. The third-order valence-corrected chi connectivity index (χ3v) is 2.83. The molecular formula is C14H9F3N2O3. The van der Waals surface area contributed by atoms with E-state index >= 15 is 0 Å². The summed E-state index contributed by atoms with van der Waals surface area (Å²) in [6.07, 6.45) is -4.65. The summed E-state index contributed by atoms with van der Waals surface area (Å²) < 4.78 is 38.5. The van der Waals surface area contributed by atoms with Crippen molar-refractivity contribution in [2.24, 2.45) is 0 Å². The molecule has 0 aliphatic rings. The zero-order valence-electron chi connectivity index (χ0n) is 10.9. The average Bonchev–Trinajstić information content (AvgIpc) is 2.46. The quantitative estimate of drug-likeness (QED) is 0.691. The highest BCUT2D eigenvalue weighted by Gasteiger charge is 2.34. The van der Waals surface area contributed by atoms with Gasteiger partial charge in [0.1, 0.15) is 5.56 Å². The summed E-state index contributed by atoms with van der Waals surface area (Å²) >= 11 is 0. The molecule has 1 amide bonds. The molecule has 5 nitrogen and oxygen atoms in total. The largest absolute Gasteiger partial charge is 0.418 e. The van der Waals surface area contributed by atoms with Crippen LogP contribution in [0.4, 0.5) is 24.5 Å². The zero-order valence-corrected chi connectivity index (χ0v) is 10.9. The van der Waals surface area contributed by atoms with Gasteiger partial charge in [-0.2, -0.15) is 13.2 Å². The van der Waals surface area contributed by atoms with E-state index in [1.165, 1.54) is 30.3 Å². The Hall–Kier alpha value is -2.90. The summed E-state index contributed by atoms with van der Waals surface area (Å²) in [5, 5.41) is 12.9. The number of rotatable bonds is 3. The smallest absolute Gasteiger partial charge is 0.321 e. The summed E-state index contributed by atoms with van der Waals surface area (Å²) in [6.45, 7) is 0. The monoisotopic (exact) mass is 310 g/mol. The first-order valence-corrected chi connectivity index (χ1v) is 6.01. The Morgan fingerprint density at radius 1 is 1.05 bits per heavy atom. The number of halogens is 3. The zero-order chi connectivity index (χ0) is 16.3. The van der Waals surface area contributed by atoms with Gasteiger partial charge in [-0.3, -0.25) is 14.9 Å². The van der Waals surface area contributed by atoms with Gasteiger partial charge in [0, 0.05) is 6.07 Å². The van der Waals surface area contributed by atoms with Gasteiger partial charge >= 0.3 is 6.18 Å². The molecule has 0 heterocycles. The van der Waals surface area contributed by atoms with Gasteiger partial charge in [0.15, 0.2) is 0 Å². The lowest BCUT2D eigenvalue weighted by Gasteiger charge is -2.13. The van der Waals surface area contributed by atoms with Crippen LogP contribution < -0.4 is 5.32 Å². The van der Waals surface area contributed by atoms with E-state index in [4.69, 9.17) is 0 Å². The van der Waals surface area contributed by atoms with Crippen molar-refractivity contribution in [1.82, 2.24) is 0 Å². The van der Waals surface area contributed by atoms with Gasteiger partial charge in [-0.05, 0) is 18.2 Å². The average molecular weight is 310 g/mol. The van der Waals surface area contributed by atoms with Gasteiger partial charge in [-0.1, -0.05) is 24.3 Å². The lowest BCUT2D eigenvalue weighted by Crippen LogP contribution is -2.17. The predicted octanol–water partition coefficient (Wildman–Crippen LogP) is 3.87. The number of carbonyl (C=O) groups excluding carboxylic acids is 1. The lowest BCUT2D eigenvalue weighted by atomic mass is 10.1. The molecule has 114 valence electrons. The van der Waals surface area contributed by atoms with Crippen LogP contribution >= 0.6 is 0 Å². The number of amides is 1. The Labute approximate surface area is 122 Å². The van der Waals surface area contributed by atoms with Crippen LogP contribution in [0.1, 0.15) is 15.9 Å². The molecule has 0 fully saturated rings. The van der Waals surface area contributed by atoms with Crippen molar-refractivity contribution in [3.05, 3.63) is 69.8 Å². The van der Waals surface area contributed by atoms with E-state index in [-0.39, 0.29) is 5.56 Å². The van der Waals surface area contributed by atoms with E-state index in [1.54, 1.807) is 0 Å². The van der Waals surface area contributed by atoms with Gasteiger partial charge < -0.3 is 5.32 Å². The number of hydrogen-bond donors (Lipinski definition) is 1. The molecule has 22 heavy (non-hydrogen) atoms. The summed E-state index contributed by atoms with van der Waals surface area (Å²) in [7, 11) is 0. The number of nitro groups is 1. The van der Waals surface area contributed by atoms with Crippen molar-refractivity contribution < 1.29 is 22.9 Å². The standard InChI is InChI=1S/C14H9F3N2O3/c15-14(16,17)10-6-2-3-7-11(10)18-13(20)9-5-1-4-8-12(9)19(21)22/h1-8H,(H,18,20). The second-order valence-electron chi connectivity index (χ2n) is 4.27. The summed E-state index contributed by atoms with van der Waals surface area (Å²) in [5.74, 6) is -0.982. The van der Waals surface area contributed by atoms with Crippen molar-refractivity contribution >= 4 is 17.3 Å². The van der Waals surface area contributed by atoms with Gasteiger partial charge in [0.25, 0.3) is 11.6 Å². The molecule has 0 bridgehead atoms. The molecule has 8 heteroatoms. The third-order valence-electron chi connectivity index (χ3n) is 2.83. The van der Waals surface area contributed by atoms with Gasteiger partial charge in [-0.15, -0.1) is 0 Å². The van der Waals surface area contributed by atoms with Crippen LogP contribution in [0.25, 0.3) is 0 Å². The van der Waals surface area contributed by atoms with Crippen molar-refractivity contribution in [3.63, 3.8) is 0 Å². The predicted molar refractivity (Wildman–Crippen MR) is 72.5 cm³/mol. The molecule has 1 N–H and O–H groups in total. The molecule has 2 aromatic rings. The third kappa shape index (κ3) is 3.22. The van der Waals surface area contributed by atoms with Crippen LogP contribution in [0.15, 0.2) is 48.5 Å². The number of benzene rings is 2. The molecule has 0 atom stereocenters. The minimum Gasteiger partial charge on any atom is -0.321 e. The van der Waals surface area contributed by atoms with E-state index in [0.29, 0.717) is 0 Å². The summed E-state index contributed by atoms with van der Waals surface area (Å²) in [5.41, 5.74) is -2.28. The van der Waals surface area contributed by atoms with Gasteiger partial charge in [0.05, 0.1) is 16.2 Å². The first kappa shape index (κ1) is 15.5. The van der Waals surface area contributed by atoms with Gasteiger partial charge in [0.2, 0.25) is 0 Å². The fourth-order valence-electron chi connectivity index (χ4n) is 1.85. The first-order chi connectivity index (χ1) is 10.3. The molecule has 0 saturated carbocycles. The first-order valence-electron chi connectivity index (χ1n) is 6.01. The van der Waals surface area contributed by atoms with E-state index in [2.05, 4.69) is 5.32 Å². The Balaban J connectivity index is 2.37. The highest BCUT2D eigenvalue weighted by Crippen LogP contribution is 2.35. The molecule has 0 aliphatic carbocycles. The summed E-state index contributed by atoms with van der Waals surface area (Å²) in [6, 6.07) is 9.42. The highest BCUT2D eigenvalue weighted by atomic mass is 19.4. The minimum atomic E-state index is -4.65. The molecule has 0 spiro atoms. The van der Waals surface area contributed by atoms with Crippen LogP contribution in [-0.4, -0.2) is 10.8 Å². The van der Waals surface area contributed by atoms with Crippen LogP contribution in [0.3, 0.4) is 0 Å². The van der Waals surface area contributed by atoms with E-state index < -0.39 is 33.9 Å². The van der Waals surface area contributed by atoms with Crippen molar-refractivity contribution in [1.29, 1.82) is 0 Å². The van der Waals surface area contributed by atoms with Crippen molar-refractivity contribution in [3.8, 4) is 0 Å². The van der Waals surface area contributed by atoms with Crippen LogP contribution in [0, 0.1) is 10.1 Å². The van der Waals surface area contributed by atoms with E-state index in [0.717, 1.165) is 18.2 Å². The highest BCUT2D eigenvalue weighted by molar-refractivity contribution is 6.07. The van der Waals surface area contributed by atoms with Gasteiger partial charge in [-0.25, -0.2) is 0 Å². The van der Waals surface area contributed by atoms with Crippen LogP contribution in [0.5, 0.6) is 0 Å². The molecule has 0 aromatic heterocycles. The minimum absolute atomic E-state index is 0.315. The molecule has 0 radical (unpaired) electrons. The number of nitrogens with zero attached hydrogens (tertiary/aromatic N) is 1. The number of alkyl halides is 3. The Bertz CT molecular complexity index is 729. The maximum atomic E-state index is 12.8. The number of para-hydroxylation sites is 2. The fraction of sp³-hybridized carbons (Fsp3) is 0.0714. The molecule has 0 saturated heterocycles. The topological polar surface area (TPSA) is 72.2 Å².